The van der Waals surface area contributed by atoms with Gasteiger partial charge in [-0.15, -0.1) is 0 Å². The fourth-order valence-electron chi connectivity index (χ4n) is 1.43. The Morgan fingerprint density at radius 1 is 1.44 bits per heavy atom. The Labute approximate surface area is 102 Å². The van der Waals surface area contributed by atoms with Gasteiger partial charge in [0.05, 0.1) is 23.4 Å². The van der Waals surface area contributed by atoms with Crippen molar-refractivity contribution in [2.45, 2.75) is 26.4 Å². The van der Waals surface area contributed by atoms with Gasteiger partial charge in [0.25, 0.3) is 0 Å². The highest BCUT2D eigenvalue weighted by atomic mass is 35.5. The Morgan fingerprint density at radius 2 is 2.12 bits per heavy atom. The summed E-state index contributed by atoms with van der Waals surface area (Å²) in [7, 11) is 0. The fourth-order valence-corrected chi connectivity index (χ4v) is 1.68. The molecule has 0 unspecified atom stereocenters. The summed E-state index contributed by atoms with van der Waals surface area (Å²) in [6, 6.07) is 5.69. The molecule has 1 atom stereocenters. The first-order valence-corrected chi connectivity index (χ1v) is 5.82. The van der Waals surface area contributed by atoms with Crippen molar-refractivity contribution in [1.82, 2.24) is 0 Å². The smallest absolute Gasteiger partial charge is 0.0640 e. The normalized spacial score (nSPS) is 12.9. The number of anilines is 1. The summed E-state index contributed by atoms with van der Waals surface area (Å²) in [6.45, 7) is 4.67. The van der Waals surface area contributed by atoms with E-state index in [0.717, 1.165) is 11.3 Å². The quantitative estimate of drug-likeness (QED) is 0.742. The van der Waals surface area contributed by atoms with Gasteiger partial charge in [-0.3, -0.25) is 0 Å². The number of hydrogen-bond donors (Lipinski definition) is 3. The maximum Gasteiger partial charge on any atom is 0.0640 e. The topological polar surface area (TPSA) is 58.3 Å². The molecule has 1 aromatic rings. The highest BCUT2D eigenvalue weighted by Gasteiger charge is 2.13. The number of halogens is 1. The molecule has 0 aliphatic rings. The number of nitrogens with two attached hydrogens (primary N) is 1. The molecule has 0 aliphatic carbocycles. The van der Waals surface area contributed by atoms with Crippen molar-refractivity contribution in [2.24, 2.45) is 11.7 Å². The molecule has 0 radical (unpaired) electrons. The molecule has 0 aromatic heterocycles. The molecule has 3 nitrogen and oxygen atoms in total. The summed E-state index contributed by atoms with van der Waals surface area (Å²) < 4.78 is 0. The number of aliphatic hydroxyl groups is 1. The first kappa shape index (κ1) is 13.3. The Balaban J connectivity index is 2.80. The second-order valence-electron chi connectivity index (χ2n) is 4.20. The van der Waals surface area contributed by atoms with Crippen molar-refractivity contribution in [3.63, 3.8) is 0 Å². The third-order valence-corrected chi connectivity index (χ3v) is 2.92. The maximum atomic E-state index is 9.22. The Bertz CT molecular complexity index is 342. The van der Waals surface area contributed by atoms with Gasteiger partial charge in [0.2, 0.25) is 0 Å². The Hall–Kier alpha value is -0.770. The molecule has 0 bridgehead atoms. The van der Waals surface area contributed by atoms with Crippen molar-refractivity contribution in [1.29, 1.82) is 0 Å². The summed E-state index contributed by atoms with van der Waals surface area (Å²) in [4.78, 5) is 0. The highest BCUT2D eigenvalue weighted by Crippen LogP contribution is 2.24. The number of nitrogens with one attached hydrogen (secondary N) is 1. The third kappa shape index (κ3) is 3.37. The van der Waals surface area contributed by atoms with Crippen LogP contribution in [0.3, 0.4) is 0 Å². The minimum Gasteiger partial charge on any atom is -0.394 e. The zero-order valence-corrected chi connectivity index (χ0v) is 10.5. The second-order valence-corrected chi connectivity index (χ2v) is 4.60. The average molecular weight is 243 g/mol. The SMILES string of the molecule is CC(C)[C@@H](CO)Nc1ccc(CN)cc1Cl. The monoisotopic (exact) mass is 242 g/mol. The molecular formula is C12H19ClN2O. The number of benzene rings is 1. The van der Waals surface area contributed by atoms with Gasteiger partial charge < -0.3 is 16.2 Å². The van der Waals surface area contributed by atoms with Crippen LogP contribution in [0.1, 0.15) is 19.4 Å². The molecule has 0 saturated carbocycles. The lowest BCUT2D eigenvalue weighted by molar-refractivity contribution is 0.249. The van der Waals surface area contributed by atoms with Crippen LogP contribution in [0.5, 0.6) is 0 Å². The van der Waals surface area contributed by atoms with Crippen molar-refractivity contribution in [2.75, 3.05) is 11.9 Å². The van der Waals surface area contributed by atoms with E-state index < -0.39 is 0 Å². The zero-order valence-electron chi connectivity index (χ0n) is 9.70. The lowest BCUT2D eigenvalue weighted by Gasteiger charge is -2.22. The minimum absolute atomic E-state index is 0.0150. The molecule has 4 heteroatoms. The predicted octanol–water partition coefficient (Wildman–Crippen LogP) is 2.23. The summed E-state index contributed by atoms with van der Waals surface area (Å²) >= 11 is 6.11. The molecule has 90 valence electrons. The molecule has 16 heavy (non-hydrogen) atoms. The standard InChI is InChI=1S/C12H19ClN2O/c1-8(2)12(7-16)15-11-4-3-9(6-14)5-10(11)13/h3-5,8,12,15-16H,6-7,14H2,1-2H3/t12-/m1/s1. The summed E-state index contributed by atoms with van der Waals surface area (Å²) in [6.07, 6.45) is 0. The lowest BCUT2D eigenvalue weighted by Crippen LogP contribution is -2.29. The van der Waals surface area contributed by atoms with E-state index in [4.69, 9.17) is 17.3 Å². The van der Waals surface area contributed by atoms with Crippen LogP contribution in [0.15, 0.2) is 18.2 Å². The molecule has 0 spiro atoms. The van der Waals surface area contributed by atoms with Gasteiger partial charge in [0.1, 0.15) is 0 Å². The van der Waals surface area contributed by atoms with E-state index in [9.17, 15) is 5.11 Å². The largest absolute Gasteiger partial charge is 0.394 e. The Kier molecular flexibility index (Phi) is 5.06. The van der Waals surface area contributed by atoms with E-state index in [0.29, 0.717) is 17.5 Å². The van der Waals surface area contributed by atoms with Crippen molar-refractivity contribution in [3.8, 4) is 0 Å². The average Bonchev–Trinajstić information content (AvgIpc) is 2.26. The van der Waals surface area contributed by atoms with Gasteiger partial charge >= 0.3 is 0 Å². The van der Waals surface area contributed by atoms with Gasteiger partial charge in [0, 0.05) is 6.54 Å². The van der Waals surface area contributed by atoms with Crippen LogP contribution in [0, 0.1) is 5.92 Å². The van der Waals surface area contributed by atoms with Crippen molar-refractivity contribution in [3.05, 3.63) is 28.8 Å². The summed E-state index contributed by atoms with van der Waals surface area (Å²) in [5.74, 6) is 0.343. The van der Waals surface area contributed by atoms with E-state index >= 15 is 0 Å². The van der Waals surface area contributed by atoms with E-state index in [-0.39, 0.29) is 12.6 Å². The van der Waals surface area contributed by atoms with Gasteiger partial charge in [0.15, 0.2) is 0 Å². The molecule has 0 heterocycles. The van der Waals surface area contributed by atoms with E-state index in [1.165, 1.54) is 0 Å². The van der Waals surface area contributed by atoms with E-state index in [2.05, 4.69) is 19.2 Å². The van der Waals surface area contributed by atoms with Gasteiger partial charge in [-0.1, -0.05) is 31.5 Å². The van der Waals surface area contributed by atoms with Gasteiger partial charge in [-0.25, -0.2) is 0 Å². The minimum atomic E-state index is 0.0150. The van der Waals surface area contributed by atoms with Crippen LogP contribution >= 0.6 is 11.6 Å². The molecule has 1 rings (SSSR count). The van der Waals surface area contributed by atoms with Crippen LogP contribution in [0.25, 0.3) is 0 Å². The molecule has 4 N–H and O–H groups in total. The highest BCUT2D eigenvalue weighted by molar-refractivity contribution is 6.33. The zero-order chi connectivity index (χ0) is 12.1. The number of aliphatic hydroxyl groups excluding tert-OH is 1. The van der Waals surface area contributed by atoms with Crippen LogP contribution in [0.4, 0.5) is 5.69 Å². The molecule has 1 aromatic carbocycles. The Morgan fingerprint density at radius 3 is 2.56 bits per heavy atom. The molecule has 0 fully saturated rings. The van der Waals surface area contributed by atoms with Gasteiger partial charge in [-0.2, -0.15) is 0 Å². The third-order valence-electron chi connectivity index (χ3n) is 2.61. The van der Waals surface area contributed by atoms with Crippen molar-refractivity contribution < 1.29 is 5.11 Å². The van der Waals surface area contributed by atoms with E-state index in [1.54, 1.807) is 0 Å². The first-order valence-electron chi connectivity index (χ1n) is 5.44. The first-order chi connectivity index (χ1) is 7.58. The summed E-state index contributed by atoms with van der Waals surface area (Å²) in [5.41, 5.74) is 7.37. The maximum absolute atomic E-state index is 9.22. The molecule has 0 aliphatic heterocycles. The lowest BCUT2D eigenvalue weighted by atomic mass is 10.0. The number of rotatable bonds is 5. The van der Waals surface area contributed by atoms with Crippen LogP contribution in [0.2, 0.25) is 5.02 Å². The second kappa shape index (κ2) is 6.09. The van der Waals surface area contributed by atoms with Gasteiger partial charge in [-0.05, 0) is 23.6 Å². The van der Waals surface area contributed by atoms with Crippen LogP contribution in [-0.4, -0.2) is 17.8 Å². The molecular weight excluding hydrogens is 224 g/mol. The summed E-state index contributed by atoms with van der Waals surface area (Å²) in [5, 5.41) is 13.1. The van der Waals surface area contributed by atoms with Crippen LogP contribution < -0.4 is 11.1 Å². The molecule has 0 saturated heterocycles. The predicted molar refractivity (Wildman–Crippen MR) is 68.7 cm³/mol. The van der Waals surface area contributed by atoms with Crippen molar-refractivity contribution >= 4 is 17.3 Å². The van der Waals surface area contributed by atoms with Crippen LogP contribution in [-0.2, 0) is 6.54 Å². The number of hydrogen-bond acceptors (Lipinski definition) is 3. The fraction of sp³-hybridized carbons (Fsp3) is 0.500. The van der Waals surface area contributed by atoms with E-state index in [1.807, 2.05) is 18.2 Å². The molecule has 0 amide bonds.